The summed E-state index contributed by atoms with van der Waals surface area (Å²) in [5, 5.41) is 5.17. The second-order valence-electron chi connectivity index (χ2n) is 7.54. The molecule has 0 aromatic heterocycles. The van der Waals surface area contributed by atoms with Crippen molar-refractivity contribution in [2.75, 3.05) is 14.2 Å². The van der Waals surface area contributed by atoms with E-state index in [0.29, 0.717) is 21.5 Å². The molecule has 2 bridgehead atoms. The third-order valence-electron chi connectivity index (χ3n) is 5.88. The van der Waals surface area contributed by atoms with Gasteiger partial charge in [0.05, 0.1) is 32.3 Å². The maximum atomic E-state index is 12.7. The van der Waals surface area contributed by atoms with E-state index in [1.807, 2.05) is 12.2 Å². The first-order chi connectivity index (χ1) is 14.3. The largest absolute Gasteiger partial charge is 0.493 e. The fraction of sp³-hybridized carbons (Fsp3) is 0.429. The molecule has 1 saturated heterocycles. The fourth-order valence-electron chi connectivity index (χ4n) is 4.43. The van der Waals surface area contributed by atoms with E-state index in [9.17, 15) is 14.4 Å². The molecule has 1 aliphatic heterocycles. The maximum absolute atomic E-state index is 12.7. The Bertz CT molecular complexity index is 944. The Labute approximate surface area is 182 Å². The number of rotatable bonds is 6. The molecular weight excluding hydrogens is 456 g/mol. The van der Waals surface area contributed by atoms with Crippen LogP contribution in [-0.4, -0.2) is 49.3 Å². The van der Waals surface area contributed by atoms with Crippen molar-refractivity contribution in [3.63, 3.8) is 0 Å². The Hall–Kier alpha value is -2.68. The average Bonchev–Trinajstić information content (AvgIpc) is 3.41. The van der Waals surface area contributed by atoms with E-state index in [0.717, 1.165) is 11.4 Å². The number of fused-ring (bicyclic) bond motifs is 5. The number of hydrogen-bond donors (Lipinski definition) is 0. The van der Waals surface area contributed by atoms with E-state index in [4.69, 9.17) is 9.47 Å². The van der Waals surface area contributed by atoms with Crippen LogP contribution < -0.4 is 9.47 Å². The van der Waals surface area contributed by atoms with Gasteiger partial charge in [0.1, 0.15) is 0 Å². The lowest BCUT2D eigenvalue weighted by molar-refractivity contribution is -0.148. The van der Waals surface area contributed by atoms with E-state index >= 15 is 0 Å². The average molecular weight is 477 g/mol. The van der Waals surface area contributed by atoms with E-state index in [1.54, 1.807) is 19.1 Å². The molecule has 9 heteroatoms. The topological polar surface area (TPSA) is 94.5 Å². The van der Waals surface area contributed by atoms with Gasteiger partial charge in [0.25, 0.3) is 11.8 Å². The van der Waals surface area contributed by atoms with Gasteiger partial charge in [0, 0.05) is 10.0 Å². The summed E-state index contributed by atoms with van der Waals surface area (Å²) in [6, 6.07) is 3.27. The SMILES string of the molecule is COC(=O)[C@@H](C)Oc1cc(Br)c(C=NN2C(=O)[C@@H]3[C@H](C2=O)[C@H]2C=C[C@H]3C2)cc1OC. The van der Waals surface area contributed by atoms with Crippen LogP contribution in [0.5, 0.6) is 11.5 Å². The molecule has 8 nitrogen and oxygen atoms in total. The number of nitrogens with zero attached hydrogens (tertiary/aromatic N) is 2. The van der Waals surface area contributed by atoms with Crippen LogP contribution in [0.2, 0.25) is 0 Å². The first kappa shape index (κ1) is 20.6. The summed E-state index contributed by atoms with van der Waals surface area (Å²) < 4.78 is 16.2. The molecule has 2 aliphatic carbocycles. The summed E-state index contributed by atoms with van der Waals surface area (Å²) in [5.41, 5.74) is 0.587. The summed E-state index contributed by atoms with van der Waals surface area (Å²) in [6.07, 6.45) is 5.57. The normalized spacial score (nSPS) is 27.7. The molecular formula is C21H21BrN2O6. The number of hydrogen-bond acceptors (Lipinski definition) is 7. The monoisotopic (exact) mass is 476 g/mol. The maximum Gasteiger partial charge on any atom is 0.346 e. The number of allylic oxidation sites excluding steroid dienone is 2. The number of halogens is 1. The third-order valence-corrected chi connectivity index (χ3v) is 6.57. The molecule has 1 heterocycles. The van der Waals surface area contributed by atoms with E-state index < -0.39 is 12.1 Å². The first-order valence-corrected chi connectivity index (χ1v) is 10.4. The molecule has 1 aromatic rings. The highest BCUT2D eigenvalue weighted by molar-refractivity contribution is 9.10. The van der Waals surface area contributed by atoms with Crippen LogP contribution in [-0.2, 0) is 19.1 Å². The van der Waals surface area contributed by atoms with Crippen LogP contribution in [0, 0.1) is 23.7 Å². The Morgan fingerprint density at radius 1 is 1.17 bits per heavy atom. The van der Waals surface area contributed by atoms with Crippen LogP contribution in [0.3, 0.4) is 0 Å². The van der Waals surface area contributed by atoms with E-state index in [2.05, 4.69) is 25.8 Å². The van der Waals surface area contributed by atoms with Crippen molar-refractivity contribution in [1.29, 1.82) is 0 Å². The quantitative estimate of drug-likeness (QED) is 0.271. The zero-order valence-electron chi connectivity index (χ0n) is 16.7. The highest BCUT2D eigenvalue weighted by atomic mass is 79.9. The zero-order chi connectivity index (χ0) is 21.6. The lowest BCUT2D eigenvalue weighted by Gasteiger charge is -2.16. The molecule has 0 N–H and O–H groups in total. The van der Waals surface area contributed by atoms with Crippen molar-refractivity contribution >= 4 is 39.9 Å². The molecule has 1 saturated carbocycles. The van der Waals surface area contributed by atoms with Gasteiger partial charge in [-0.1, -0.05) is 12.2 Å². The van der Waals surface area contributed by atoms with Crippen molar-refractivity contribution in [1.82, 2.24) is 5.01 Å². The Balaban J connectivity index is 1.55. The summed E-state index contributed by atoms with van der Waals surface area (Å²) in [6.45, 7) is 1.57. The van der Waals surface area contributed by atoms with Gasteiger partial charge in [-0.25, -0.2) is 4.79 Å². The Morgan fingerprint density at radius 2 is 1.80 bits per heavy atom. The van der Waals surface area contributed by atoms with Gasteiger partial charge < -0.3 is 14.2 Å². The highest BCUT2D eigenvalue weighted by Crippen LogP contribution is 2.52. The minimum atomic E-state index is -0.821. The zero-order valence-corrected chi connectivity index (χ0v) is 18.3. The molecule has 2 fully saturated rings. The molecule has 158 valence electrons. The lowest BCUT2D eigenvalue weighted by atomic mass is 9.85. The summed E-state index contributed by atoms with van der Waals surface area (Å²) in [5.74, 6) is -0.608. The predicted molar refractivity (Wildman–Crippen MR) is 110 cm³/mol. The van der Waals surface area contributed by atoms with Crippen molar-refractivity contribution in [2.24, 2.45) is 28.8 Å². The van der Waals surface area contributed by atoms with Crippen LogP contribution in [0.4, 0.5) is 0 Å². The molecule has 0 unspecified atom stereocenters. The van der Waals surface area contributed by atoms with Gasteiger partial charge in [0.15, 0.2) is 17.6 Å². The summed E-state index contributed by atoms with van der Waals surface area (Å²) >= 11 is 3.43. The molecule has 1 aromatic carbocycles. The smallest absolute Gasteiger partial charge is 0.346 e. The first-order valence-electron chi connectivity index (χ1n) is 9.57. The minimum absolute atomic E-state index is 0.136. The van der Waals surface area contributed by atoms with Gasteiger partial charge in [0.2, 0.25) is 0 Å². The second kappa shape index (κ2) is 7.86. The number of carbonyl (C=O) groups is 3. The van der Waals surface area contributed by atoms with Crippen molar-refractivity contribution in [3.8, 4) is 11.5 Å². The van der Waals surface area contributed by atoms with E-state index in [-0.39, 0.29) is 35.5 Å². The van der Waals surface area contributed by atoms with Crippen molar-refractivity contribution in [3.05, 3.63) is 34.3 Å². The van der Waals surface area contributed by atoms with Gasteiger partial charge in [-0.05, 0) is 53.2 Å². The number of hydrazone groups is 1. The molecule has 3 aliphatic rings. The van der Waals surface area contributed by atoms with Crippen LogP contribution in [0.1, 0.15) is 18.9 Å². The van der Waals surface area contributed by atoms with Gasteiger partial charge in [-0.3, -0.25) is 9.59 Å². The predicted octanol–water partition coefficient (Wildman–Crippen LogP) is 2.54. The Kier molecular flexibility index (Phi) is 5.40. The number of amides is 2. The lowest BCUT2D eigenvalue weighted by Crippen LogP contribution is -2.28. The number of methoxy groups -OCH3 is 2. The van der Waals surface area contributed by atoms with Gasteiger partial charge in [-0.2, -0.15) is 10.1 Å². The molecule has 4 rings (SSSR count). The number of imide groups is 1. The number of benzene rings is 1. The fourth-order valence-corrected chi connectivity index (χ4v) is 4.85. The number of carbonyl (C=O) groups excluding carboxylic acids is 3. The highest BCUT2D eigenvalue weighted by Gasteiger charge is 2.59. The van der Waals surface area contributed by atoms with Crippen molar-refractivity contribution < 1.29 is 28.6 Å². The van der Waals surface area contributed by atoms with Crippen LogP contribution >= 0.6 is 15.9 Å². The molecule has 5 atom stereocenters. The number of esters is 1. The number of ether oxygens (including phenoxy) is 3. The second-order valence-corrected chi connectivity index (χ2v) is 8.39. The third kappa shape index (κ3) is 3.30. The minimum Gasteiger partial charge on any atom is -0.493 e. The standard InChI is InChI=1S/C21H21BrN2O6/c1-10(21(27)29-3)30-16-8-14(22)13(7-15(16)28-2)9-23-24-19(25)17-11-4-5-12(6-11)18(17)20(24)26/h4-5,7-12,17-18H,6H2,1-3H3/t10-,11+,12+,17-,18+/m1/s1. The molecule has 2 amide bonds. The van der Waals surface area contributed by atoms with Crippen LogP contribution in [0.25, 0.3) is 0 Å². The van der Waals surface area contributed by atoms with Crippen molar-refractivity contribution in [2.45, 2.75) is 19.4 Å². The summed E-state index contributed by atoms with van der Waals surface area (Å²) in [4.78, 5) is 37.1. The Morgan fingerprint density at radius 3 is 2.37 bits per heavy atom. The molecule has 0 radical (unpaired) electrons. The molecule has 0 spiro atoms. The van der Waals surface area contributed by atoms with Crippen LogP contribution in [0.15, 0.2) is 33.9 Å². The van der Waals surface area contributed by atoms with Gasteiger partial charge >= 0.3 is 5.97 Å². The van der Waals surface area contributed by atoms with Gasteiger partial charge in [-0.15, -0.1) is 0 Å². The van der Waals surface area contributed by atoms with E-state index in [1.165, 1.54) is 20.4 Å². The molecule has 30 heavy (non-hydrogen) atoms. The summed E-state index contributed by atoms with van der Waals surface area (Å²) in [7, 11) is 2.75.